The second-order valence-corrected chi connectivity index (χ2v) is 4.63. The van der Waals surface area contributed by atoms with Crippen LogP contribution >= 0.6 is 0 Å². The van der Waals surface area contributed by atoms with E-state index in [1.54, 1.807) is 0 Å². The molecular weight excluding hydrogens is 254 g/mol. The average molecular weight is 277 g/mol. The minimum atomic E-state index is -0.538. The summed E-state index contributed by atoms with van der Waals surface area (Å²) in [6, 6.07) is 9.38. The van der Waals surface area contributed by atoms with Crippen molar-refractivity contribution in [2.75, 3.05) is 13.1 Å². The Morgan fingerprint density at radius 1 is 1.20 bits per heavy atom. The minimum absolute atomic E-state index is 0.0642. The average Bonchev–Trinajstić information content (AvgIpc) is 2.46. The van der Waals surface area contributed by atoms with E-state index >= 15 is 0 Å². The molecule has 0 spiro atoms. The fourth-order valence-corrected chi connectivity index (χ4v) is 1.81. The standard InChI is InChI=1S/C15H23N3O2/c1-2-17-14(19)10-11-18-15(20)13(16)9-8-12-6-4-3-5-7-12/h3-7,13H,2,8-11,16H2,1H3,(H,17,19)(H,18,20). The van der Waals surface area contributed by atoms with Crippen LogP contribution in [0.25, 0.3) is 0 Å². The number of hydrogen-bond acceptors (Lipinski definition) is 3. The highest BCUT2D eigenvalue weighted by molar-refractivity contribution is 5.82. The van der Waals surface area contributed by atoms with Crippen molar-refractivity contribution in [3.8, 4) is 0 Å². The molecule has 1 aromatic rings. The Morgan fingerprint density at radius 3 is 2.55 bits per heavy atom. The van der Waals surface area contributed by atoms with Crippen LogP contribution in [-0.2, 0) is 16.0 Å². The van der Waals surface area contributed by atoms with E-state index in [1.165, 1.54) is 0 Å². The number of nitrogens with two attached hydrogens (primary N) is 1. The zero-order valence-electron chi connectivity index (χ0n) is 11.9. The van der Waals surface area contributed by atoms with Crippen LogP contribution in [0, 0.1) is 0 Å². The Morgan fingerprint density at radius 2 is 1.90 bits per heavy atom. The van der Waals surface area contributed by atoms with Crippen molar-refractivity contribution in [1.82, 2.24) is 10.6 Å². The molecule has 0 aliphatic heterocycles. The number of carbonyl (C=O) groups excluding carboxylic acids is 2. The van der Waals surface area contributed by atoms with Crippen LogP contribution in [-0.4, -0.2) is 30.9 Å². The lowest BCUT2D eigenvalue weighted by Crippen LogP contribution is -2.42. The van der Waals surface area contributed by atoms with E-state index in [0.29, 0.717) is 19.5 Å². The smallest absolute Gasteiger partial charge is 0.236 e. The topological polar surface area (TPSA) is 84.2 Å². The van der Waals surface area contributed by atoms with Gasteiger partial charge in [-0.05, 0) is 25.3 Å². The van der Waals surface area contributed by atoms with Crippen molar-refractivity contribution in [3.05, 3.63) is 35.9 Å². The van der Waals surface area contributed by atoms with Crippen LogP contribution in [0.2, 0.25) is 0 Å². The first kappa shape index (κ1) is 16.2. The molecule has 0 saturated carbocycles. The third kappa shape index (κ3) is 6.33. The van der Waals surface area contributed by atoms with Gasteiger partial charge < -0.3 is 16.4 Å². The van der Waals surface area contributed by atoms with Gasteiger partial charge in [0.15, 0.2) is 0 Å². The number of nitrogens with one attached hydrogen (secondary N) is 2. The first-order valence-corrected chi connectivity index (χ1v) is 6.97. The van der Waals surface area contributed by atoms with Crippen molar-refractivity contribution < 1.29 is 9.59 Å². The van der Waals surface area contributed by atoms with Crippen molar-refractivity contribution in [1.29, 1.82) is 0 Å². The number of hydrogen-bond donors (Lipinski definition) is 3. The number of amides is 2. The molecule has 0 aliphatic carbocycles. The highest BCUT2D eigenvalue weighted by atomic mass is 16.2. The molecule has 0 bridgehead atoms. The molecule has 110 valence electrons. The lowest BCUT2D eigenvalue weighted by molar-refractivity contribution is -0.123. The molecule has 2 amide bonds. The zero-order valence-corrected chi connectivity index (χ0v) is 11.9. The molecule has 0 aliphatic rings. The van der Waals surface area contributed by atoms with E-state index in [0.717, 1.165) is 12.0 Å². The summed E-state index contributed by atoms with van der Waals surface area (Å²) in [5.74, 6) is -0.268. The van der Waals surface area contributed by atoms with Gasteiger partial charge in [0.1, 0.15) is 0 Å². The van der Waals surface area contributed by atoms with Crippen LogP contribution in [0.3, 0.4) is 0 Å². The molecule has 1 aromatic carbocycles. The highest BCUT2D eigenvalue weighted by Gasteiger charge is 2.13. The summed E-state index contributed by atoms with van der Waals surface area (Å²) in [5.41, 5.74) is 6.99. The van der Waals surface area contributed by atoms with Crippen LogP contribution in [0.5, 0.6) is 0 Å². The summed E-state index contributed by atoms with van der Waals surface area (Å²) in [7, 11) is 0. The van der Waals surface area contributed by atoms with Crippen molar-refractivity contribution in [2.24, 2.45) is 5.73 Å². The molecular formula is C15H23N3O2. The largest absolute Gasteiger partial charge is 0.356 e. The van der Waals surface area contributed by atoms with E-state index in [2.05, 4.69) is 10.6 Å². The Bertz CT molecular complexity index is 420. The summed E-state index contributed by atoms with van der Waals surface area (Å²) >= 11 is 0. The van der Waals surface area contributed by atoms with Gasteiger partial charge in [-0.2, -0.15) is 0 Å². The van der Waals surface area contributed by atoms with Gasteiger partial charge in [-0.15, -0.1) is 0 Å². The summed E-state index contributed by atoms with van der Waals surface area (Å²) in [6.07, 6.45) is 1.65. The molecule has 0 radical (unpaired) electrons. The normalized spacial score (nSPS) is 11.7. The van der Waals surface area contributed by atoms with Crippen molar-refractivity contribution >= 4 is 11.8 Å². The predicted molar refractivity (Wildman–Crippen MR) is 79.0 cm³/mol. The molecule has 0 heterocycles. The molecule has 1 unspecified atom stereocenters. The maximum Gasteiger partial charge on any atom is 0.236 e. The van der Waals surface area contributed by atoms with Gasteiger partial charge in [-0.1, -0.05) is 30.3 Å². The Kier molecular flexibility index (Phi) is 7.35. The first-order valence-electron chi connectivity index (χ1n) is 6.97. The van der Waals surface area contributed by atoms with Gasteiger partial charge in [-0.25, -0.2) is 0 Å². The summed E-state index contributed by atoms with van der Waals surface area (Å²) in [5, 5.41) is 5.36. The molecule has 5 nitrogen and oxygen atoms in total. The summed E-state index contributed by atoms with van der Waals surface area (Å²) in [4.78, 5) is 22.9. The maximum absolute atomic E-state index is 11.7. The van der Waals surface area contributed by atoms with Gasteiger partial charge in [0, 0.05) is 19.5 Å². The van der Waals surface area contributed by atoms with Crippen LogP contribution in [0.4, 0.5) is 0 Å². The molecule has 4 N–H and O–H groups in total. The van der Waals surface area contributed by atoms with E-state index in [9.17, 15) is 9.59 Å². The fraction of sp³-hybridized carbons (Fsp3) is 0.467. The first-order chi connectivity index (χ1) is 9.63. The van der Waals surface area contributed by atoms with Crippen LogP contribution < -0.4 is 16.4 Å². The van der Waals surface area contributed by atoms with Crippen LogP contribution in [0.1, 0.15) is 25.3 Å². The SMILES string of the molecule is CCNC(=O)CCNC(=O)C(N)CCc1ccccc1. The number of aryl methyl sites for hydroxylation is 1. The molecule has 1 atom stereocenters. The molecule has 1 rings (SSSR count). The summed E-state index contributed by atoms with van der Waals surface area (Å²) < 4.78 is 0. The van der Waals surface area contributed by atoms with Crippen LogP contribution in [0.15, 0.2) is 30.3 Å². The second kappa shape index (κ2) is 9.09. The number of rotatable bonds is 8. The second-order valence-electron chi connectivity index (χ2n) is 4.63. The van der Waals surface area contributed by atoms with Crippen molar-refractivity contribution in [3.63, 3.8) is 0 Å². The molecule has 0 fully saturated rings. The Balaban J connectivity index is 2.21. The minimum Gasteiger partial charge on any atom is -0.356 e. The van der Waals surface area contributed by atoms with E-state index < -0.39 is 6.04 Å². The maximum atomic E-state index is 11.7. The van der Waals surface area contributed by atoms with E-state index in [1.807, 2.05) is 37.3 Å². The number of benzene rings is 1. The Hall–Kier alpha value is -1.88. The third-order valence-corrected chi connectivity index (χ3v) is 2.95. The van der Waals surface area contributed by atoms with Gasteiger partial charge in [0.25, 0.3) is 0 Å². The number of carbonyl (C=O) groups is 2. The van der Waals surface area contributed by atoms with Gasteiger partial charge in [0.05, 0.1) is 6.04 Å². The van der Waals surface area contributed by atoms with Gasteiger partial charge in [-0.3, -0.25) is 9.59 Å². The van der Waals surface area contributed by atoms with Gasteiger partial charge >= 0.3 is 0 Å². The lowest BCUT2D eigenvalue weighted by Gasteiger charge is -2.12. The predicted octanol–water partition coefficient (Wildman–Crippen LogP) is 0.589. The molecule has 0 saturated heterocycles. The fourth-order valence-electron chi connectivity index (χ4n) is 1.81. The highest BCUT2D eigenvalue weighted by Crippen LogP contribution is 2.04. The molecule has 5 heteroatoms. The van der Waals surface area contributed by atoms with Crippen molar-refractivity contribution in [2.45, 2.75) is 32.2 Å². The molecule has 0 aromatic heterocycles. The Labute approximate surface area is 119 Å². The van der Waals surface area contributed by atoms with E-state index in [-0.39, 0.29) is 18.2 Å². The lowest BCUT2D eigenvalue weighted by atomic mass is 10.1. The quantitative estimate of drug-likeness (QED) is 0.650. The van der Waals surface area contributed by atoms with Gasteiger partial charge in [0.2, 0.25) is 11.8 Å². The summed E-state index contributed by atoms with van der Waals surface area (Å²) in [6.45, 7) is 2.78. The molecule has 20 heavy (non-hydrogen) atoms. The third-order valence-electron chi connectivity index (χ3n) is 2.95. The van der Waals surface area contributed by atoms with E-state index in [4.69, 9.17) is 5.73 Å². The zero-order chi connectivity index (χ0) is 14.8. The monoisotopic (exact) mass is 277 g/mol.